The van der Waals surface area contributed by atoms with Gasteiger partial charge >= 0.3 is 0 Å². The van der Waals surface area contributed by atoms with E-state index in [-0.39, 0.29) is 5.82 Å². The van der Waals surface area contributed by atoms with Crippen LogP contribution in [0.1, 0.15) is 5.56 Å². The average molecular weight is 431 g/mol. The van der Waals surface area contributed by atoms with Gasteiger partial charge in [-0.2, -0.15) is 0 Å². The van der Waals surface area contributed by atoms with Crippen LogP contribution in [-0.4, -0.2) is 20.0 Å². The number of aryl methyl sites for hydroxylation is 1. The van der Waals surface area contributed by atoms with Gasteiger partial charge in [0.15, 0.2) is 0 Å². The van der Waals surface area contributed by atoms with Crippen LogP contribution in [0.4, 0.5) is 4.39 Å². The van der Waals surface area contributed by atoms with Crippen molar-refractivity contribution in [1.29, 1.82) is 0 Å². The summed E-state index contributed by atoms with van der Waals surface area (Å²) in [5.41, 5.74) is 3.77. The lowest BCUT2D eigenvalue weighted by Crippen LogP contribution is -1.94. The molecular weight excluding hydrogens is 415 g/mol. The van der Waals surface area contributed by atoms with Crippen molar-refractivity contribution in [3.05, 3.63) is 95.4 Å². The number of pyridine rings is 1. The van der Waals surface area contributed by atoms with Crippen molar-refractivity contribution in [2.24, 2.45) is 0 Å². The van der Waals surface area contributed by atoms with E-state index in [9.17, 15) is 4.39 Å². The van der Waals surface area contributed by atoms with Crippen molar-refractivity contribution in [1.82, 2.24) is 20.0 Å². The first-order chi connectivity index (χ1) is 15.1. The Kier molecular flexibility index (Phi) is 4.84. The lowest BCUT2D eigenvalue weighted by Gasteiger charge is -2.10. The Labute approximate surface area is 182 Å². The molecule has 0 aliphatic heterocycles. The number of aromatic nitrogens is 4. The van der Waals surface area contributed by atoms with Crippen molar-refractivity contribution in [3.8, 4) is 28.6 Å². The molecule has 0 radical (unpaired) electrons. The van der Waals surface area contributed by atoms with E-state index >= 15 is 0 Å². The van der Waals surface area contributed by atoms with E-state index in [1.54, 1.807) is 29.1 Å². The van der Waals surface area contributed by atoms with Gasteiger partial charge in [0.1, 0.15) is 23.0 Å². The average Bonchev–Trinajstić information content (AvgIpc) is 3.27. The van der Waals surface area contributed by atoms with Crippen molar-refractivity contribution in [2.45, 2.75) is 6.92 Å². The molecule has 5 nitrogen and oxygen atoms in total. The monoisotopic (exact) mass is 430 g/mol. The topological polar surface area (TPSA) is 52.8 Å². The Hall–Kier alpha value is -3.77. The summed E-state index contributed by atoms with van der Waals surface area (Å²) in [5, 5.41) is 9.86. The first-order valence-electron chi connectivity index (χ1n) is 9.59. The Morgan fingerprint density at radius 1 is 0.935 bits per heavy atom. The maximum absolute atomic E-state index is 13.2. The zero-order valence-corrected chi connectivity index (χ0v) is 17.2. The summed E-state index contributed by atoms with van der Waals surface area (Å²) in [7, 11) is 0. The van der Waals surface area contributed by atoms with Gasteiger partial charge in [-0.25, -0.2) is 14.1 Å². The number of hydrogen-bond donors (Lipinski definition) is 0. The minimum Gasteiger partial charge on any atom is -0.457 e. The normalized spacial score (nSPS) is 11.1. The Morgan fingerprint density at radius 2 is 1.77 bits per heavy atom. The van der Waals surface area contributed by atoms with Crippen LogP contribution in [0.5, 0.6) is 11.5 Å². The second-order valence-corrected chi connectivity index (χ2v) is 7.46. The van der Waals surface area contributed by atoms with Crippen LogP contribution in [0, 0.1) is 12.7 Å². The molecule has 5 rings (SSSR count). The molecule has 0 fully saturated rings. The predicted molar refractivity (Wildman–Crippen MR) is 118 cm³/mol. The number of benzene rings is 3. The maximum atomic E-state index is 13.2. The van der Waals surface area contributed by atoms with Crippen LogP contribution in [0.2, 0.25) is 5.02 Å². The van der Waals surface area contributed by atoms with E-state index in [1.807, 2.05) is 49.4 Å². The summed E-state index contributed by atoms with van der Waals surface area (Å²) >= 11 is 6.22. The SMILES string of the molecule is Cc1ccc(Oc2cccc3nc(-c4cn(-c5ccc(F)cc5)nn4)ccc23)cc1Cl. The number of rotatable bonds is 4. The number of ether oxygens (including phenoxy) is 1. The van der Waals surface area contributed by atoms with E-state index in [2.05, 4.69) is 10.3 Å². The summed E-state index contributed by atoms with van der Waals surface area (Å²) < 4.78 is 20.8. The summed E-state index contributed by atoms with van der Waals surface area (Å²) in [6.45, 7) is 1.95. The number of halogens is 2. The third kappa shape index (κ3) is 3.85. The van der Waals surface area contributed by atoms with Crippen LogP contribution >= 0.6 is 11.6 Å². The molecule has 0 unspecified atom stereocenters. The lowest BCUT2D eigenvalue weighted by atomic mass is 10.1. The predicted octanol–water partition coefficient (Wildman–Crippen LogP) is 6.38. The molecular formula is C24H16ClFN4O. The molecule has 152 valence electrons. The molecule has 0 amide bonds. The molecule has 3 aromatic carbocycles. The van der Waals surface area contributed by atoms with Crippen molar-refractivity contribution in [3.63, 3.8) is 0 Å². The maximum Gasteiger partial charge on any atom is 0.136 e. The van der Waals surface area contributed by atoms with Crippen LogP contribution in [0.15, 0.2) is 79.0 Å². The fraction of sp³-hybridized carbons (Fsp3) is 0.0417. The van der Waals surface area contributed by atoms with E-state index in [0.29, 0.717) is 33.6 Å². The third-order valence-corrected chi connectivity index (χ3v) is 5.32. The van der Waals surface area contributed by atoms with E-state index in [4.69, 9.17) is 21.3 Å². The number of nitrogens with zero attached hydrogens (tertiary/aromatic N) is 4. The first kappa shape index (κ1) is 19.2. The molecule has 0 saturated carbocycles. The van der Waals surface area contributed by atoms with Gasteiger partial charge < -0.3 is 4.74 Å². The Balaban J connectivity index is 1.47. The highest BCUT2D eigenvalue weighted by Gasteiger charge is 2.11. The zero-order valence-electron chi connectivity index (χ0n) is 16.5. The fourth-order valence-corrected chi connectivity index (χ4v) is 3.39. The summed E-state index contributed by atoms with van der Waals surface area (Å²) in [5.74, 6) is 1.05. The molecule has 0 aliphatic carbocycles. The molecule has 0 bridgehead atoms. The van der Waals surface area contributed by atoms with Gasteiger partial charge in [0.2, 0.25) is 0 Å². The summed E-state index contributed by atoms with van der Waals surface area (Å²) in [6, 6.07) is 21.2. The smallest absolute Gasteiger partial charge is 0.136 e. The van der Waals surface area contributed by atoms with Crippen LogP contribution in [0.25, 0.3) is 28.0 Å². The molecule has 2 heterocycles. The third-order valence-electron chi connectivity index (χ3n) is 4.91. The molecule has 2 aromatic heterocycles. The van der Waals surface area contributed by atoms with Crippen molar-refractivity contribution < 1.29 is 9.13 Å². The second kappa shape index (κ2) is 7.81. The first-order valence-corrected chi connectivity index (χ1v) is 9.97. The van der Waals surface area contributed by atoms with Crippen LogP contribution in [-0.2, 0) is 0 Å². The highest BCUT2D eigenvalue weighted by molar-refractivity contribution is 6.31. The van der Waals surface area contributed by atoms with Gasteiger partial charge in [0.05, 0.1) is 23.1 Å². The molecule has 0 aliphatic rings. The van der Waals surface area contributed by atoms with Gasteiger partial charge in [0.25, 0.3) is 0 Å². The van der Waals surface area contributed by atoms with E-state index in [0.717, 1.165) is 16.5 Å². The van der Waals surface area contributed by atoms with Gasteiger partial charge in [-0.3, -0.25) is 0 Å². The molecule has 31 heavy (non-hydrogen) atoms. The Morgan fingerprint density at radius 3 is 2.58 bits per heavy atom. The molecule has 0 N–H and O–H groups in total. The molecule has 0 saturated heterocycles. The van der Waals surface area contributed by atoms with Crippen LogP contribution < -0.4 is 4.74 Å². The van der Waals surface area contributed by atoms with Crippen LogP contribution in [0.3, 0.4) is 0 Å². The fourth-order valence-electron chi connectivity index (χ4n) is 3.22. The standard InChI is InChI=1S/C24H16ClFN4O/c1-15-5-10-18(13-20(15)25)31-24-4-2-3-21-19(24)11-12-22(27-21)23-14-30(29-28-23)17-8-6-16(26)7-9-17/h2-14H,1H3. The van der Waals surface area contributed by atoms with Gasteiger partial charge in [0, 0.05) is 10.4 Å². The highest BCUT2D eigenvalue weighted by atomic mass is 35.5. The molecule has 0 spiro atoms. The molecule has 0 atom stereocenters. The highest BCUT2D eigenvalue weighted by Crippen LogP contribution is 2.32. The largest absolute Gasteiger partial charge is 0.457 e. The van der Waals surface area contributed by atoms with Gasteiger partial charge in [-0.05, 0) is 73.2 Å². The van der Waals surface area contributed by atoms with E-state index in [1.165, 1.54) is 12.1 Å². The minimum atomic E-state index is -0.300. The van der Waals surface area contributed by atoms with Gasteiger partial charge in [-0.15, -0.1) is 5.10 Å². The summed E-state index contributed by atoms with van der Waals surface area (Å²) in [4.78, 5) is 4.72. The second-order valence-electron chi connectivity index (χ2n) is 7.06. The Bertz CT molecular complexity index is 1400. The molecule has 5 aromatic rings. The number of hydrogen-bond acceptors (Lipinski definition) is 4. The summed E-state index contributed by atoms with van der Waals surface area (Å²) in [6.07, 6.45) is 1.76. The van der Waals surface area contributed by atoms with Crippen molar-refractivity contribution >= 4 is 22.5 Å². The minimum absolute atomic E-state index is 0.300. The molecule has 7 heteroatoms. The quantitative estimate of drug-likeness (QED) is 0.332. The lowest BCUT2D eigenvalue weighted by molar-refractivity contribution is 0.488. The zero-order chi connectivity index (χ0) is 21.4. The van der Waals surface area contributed by atoms with E-state index < -0.39 is 0 Å². The van der Waals surface area contributed by atoms with Gasteiger partial charge in [-0.1, -0.05) is 28.9 Å². The van der Waals surface area contributed by atoms with Crippen molar-refractivity contribution in [2.75, 3.05) is 0 Å². The number of fused-ring (bicyclic) bond motifs is 1.